The molecule has 0 fully saturated rings. The summed E-state index contributed by atoms with van der Waals surface area (Å²) in [6, 6.07) is 20.3. The van der Waals surface area contributed by atoms with Crippen LogP contribution in [0.1, 0.15) is 40.9 Å². The molecule has 6 heteroatoms. The number of amides is 1. The first-order valence-corrected chi connectivity index (χ1v) is 11.5. The van der Waals surface area contributed by atoms with Crippen molar-refractivity contribution in [3.05, 3.63) is 95.1 Å². The van der Waals surface area contributed by atoms with E-state index in [1.165, 1.54) is 5.56 Å². The van der Waals surface area contributed by atoms with Crippen LogP contribution in [0.3, 0.4) is 0 Å². The van der Waals surface area contributed by atoms with Crippen LogP contribution in [-0.4, -0.2) is 31.4 Å². The van der Waals surface area contributed by atoms with Crippen LogP contribution in [0.25, 0.3) is 5.70 Å². The lowest BCUT2D eigenvalue weighted by Gasteiger charge is -2.35. The van der Waals surface area contributed by atoms with Gasteiger partial charge in [-0.3, -0.25) is 9.59 Å². The fourth-order valence-corrected chi connectivity index (χ4v) is 4.22. The molecule has 3 aromatic rings. The number of rotatable bonds is 7. The van der Waals surface area contributed by atoms with E-state index in [0.29, 0.717) is 11.3 Å². The van der Waals surface area contributed by atoms with Crippen molar-refractivity contribution in [1.82, 2.24) is 5.32 Å². The summed E-state index contributed by atoms with van der Waals surface area (Å²) in [4.78, 5) is 25.5. The molecule has 0 atom stereocenters. The lowest BCUT2D eigenvalue weighted by molar-refractivity contribution is -0.115. The number of fused-ring (bicyclic) bond motifs is 1. The van der Waals surface area contributed by atoms with Gasteiger partial charge in [-0.15, -0.1) is 0 Å². The number of nitrogens with one attached hydrogen (secondary N) is 2. The van der Waals surface area contributed by atoms with Gasteiger partial charge in [0.05, 0.1) is 20.6 Å². The molecule has 6 nitrogen and oxygen atoms in total. The van der Waals surface area contributed by atoms with Gasteiger partial charge in [0.1, 0.15) is 11.5 Å². The summed E-state index contributed by atoms with van der Waals surface area (Å²) in [5.41, 5.74) is 4.81. The second kappa shape index (κ2) is 10.1. The van der Waals surface area contributed by atoms with Crippen molar-refractivity contribution in [1.29, 1.82) is 0 Å². The number of hydrogen-bond acceptors (Lipinski definition) is 5. The highest BCUT2D eigenvalue weighted by Crippen LogP contribution is 2.32. The zero-order chi connectivity index (χ0) is 25.0. The van der Waals surface area contributed by atoms with Crippen molar-refractivity contribution < 1.29 is 19.1 Å². The quantitative estimate of drug-likeness (QED) is 0.374. The van der Waals surface area contributed by atoms with Gasteiger partial charge in [-0.2, -0.15) is 0 Å². The fourth-order valence-electron chi connectivity index (χ4n) is 4.22. The van der Waals surface area contributed by atoms with E-state index in [1.54, 1.807) is 44.6 Å². The number of benzene rings is 3. The molecule has 0 saturated heterocycles. The van der Waals surface area contributed by atoms with E-state index in [1.807, 2.05) is 36.4 Å². The van der Waals surface area contributed by atoms with Crippen LogP contribution in [0.4, 0.5) is 5.69 Å². The van der Waals surface area contributed by atoms with Gasteiger partial charge < -0.3 is 20.1 Å². The van der Waals surface area contributed by atoms with Crippen LogP contribution >= 0.6 is 0 Å². The molecule has 0 unspecified atom stereocenters. The van der Waals surface area contributed by atoms with Crippen LogP contribution < -0.4 is 20.1 Å². The van der Waals surface area contributed by atoms with Gasteiger partial charge >= 0.3 is 0 Å². The maximum atomic E-state index is 13.1. The largest absolute Gasteiger partial charge is 0.497 e. The Morgan fingerprint density at radius 1 is 0.943 bits per heavy atom. The highest BCUT2D eigenvalue weighted by Gasteiger charge is 2.28. The topological polar surface area (TPSA) is 76.7 Å². The summed E-state index contributed by atoms with van der Waals surface area (Å²) >= 11 is 0. The van der Waals surface area contributed by atoms with E-state index in [4.69, 9.17) is 9.47 Å². The van der Waals surface area contributed by atoms with Gasteiger partial charge in [0, 0.05) is 34.1 Å². The highest BCUT2D eigenvalue weighted by molar-refractivity contribution is 6.09. The summed E-state index contributed by atoms with van der Waals surface area (Å²) < 4.78 is 10.5. The normalized spacial score (nSPS) is 15.0. The van der Waals surface area contributed by atoms with Gasteiger partial charge in [-0.05, 0) is 79.9 Å². The highest BCUT2D eigenvalue weighted by atomic mass is 16.5. The van der Waals surface area contributed by atoms with Crippen molar-refractivity contribution in [2.75, 3.05) is 19.5 Å². The number of methoxy groups -OCH3 is 2. The number of ether oxygens (including phenoxy) is 2. The predicted octanol–water partition coefficient (Wildman–Crippen LogP) is 5.03. The molecular weight excluding hydrogens is 440 g/mol. The van der Waals surface area contributed by atoms with Gasteiger partial charge in [-0.1, -0.05) is 18.2 Å². The molecule has 1 amide bonds. The average molecular weight is 471 g/mol. The molecule has 2 N–H and O–H groups in total. The van der Waals surface area contributed by atoms with Gasteiger partial charge in [0.15, 0.2) is 5.78 Å². The average Bonchev–Trinajstić information content (AvgIpc) is 2.84. The summed E-state index contributed by atoms with van der Waals surface area (Å²) in [6.07, 6.45) is 2.74. The Morgan fingerprint density at radius 2 is 1.60 bits per heavy atom. The molecule has 0 radical (unpaired) electrons. The van der Waals surface area contributed by atoms with E-state index in [-0.39, 0.29) is 23.7 Å². The minimum atomic E-state index is -0.175. The molecule has 1 heterocycles. The van der Waals surface area contributed by atoms with E-state index in [0.717, 1.165) is 34.7 Å². The Hall–Kier alpha value is -4.06. The summed E-state index contributed by atoms with van der Waals surface area (Å²) in [5.74, 6) is 1.25. The number of carbonyl (C=O) groups is 2. The first-order valence-electron chi connectivity index (χ1n) is 11.5. The Balaban J connectivity index is 1.46. The minimum Gasteiger partial charge on any atom is -0.497 e. The first kappa shape index (κ1) is 24.1. The zero-order valence-corrected chi connectivity index (χ0v) is 20.5. The van der Waals surface area contributed by atoms with Crippen molar-refractivity contribution >= 4 is 23.1 Å². The molecule has 0 aliphatic carbocycles. The van der Waals surface area contributed by atoms with Crippen molar-refractivity contribution in [3.63, 3.8) is 0 Å². The third-order valence-corrected chi connectivity index (χ3v) is 5.96. The lowest BCUT2D eigenvalue weighted by Crippen LogP contribution is -2.43. The van der Waals surface area contributed by atoms with Gasteiger partial charge in [-0.25, -0.2) is 0 Å². The van der Waals surface area contributed by atoms with Crippen LogP contribution in [0.5, 0.6) is 11.5 Å². The molecule has 1 aliphatic rings. The Bertz CT molecular complexity index is 1260. The Labute approximate surface area is 206 Å². The summed E-state index contributed by atoms with van der Waals surface area (Å²) in [5, 5.41) is 6.37. The zero-order valence-electron chi connectivity index (χ0n) is 20.5. The second-order valence-electron chi connectivity index (χ2n) is 9.28. The number of hydrogen-bond donors (Lipinski definition) is 2. The lowest BCUT2D eigenvalue weighted by atomic mass is 9.85. The third-order valence-electron chi connectivity index (χ3n) is 5.96. The summed E-state index contributed by atoms with van der Waals surface area (Å²) in [6.45, 7) is 4.23. The van der Waals surface area contributed by atoms with Crippen LogP contribution in [-0.2, 0) is 17.6 Å². The van der Waals surface area contributed by atoms with E-state index < -0.39 is 0 Å². The first-order chi connectivity index (χ1) is 16.8. The number of anilines is 1. The smallest absolute Gasteiger partial charge is 0.228 e. The maximum Gasteiger partial charge on any atom is 0.228 e. The van der Waals surface area contributed by atoms with Gasteiger partial charge in [0.25, 0.3) is 0 Å². The molecule has 35 heavy (non-hydrogen) atoms. The molecule has 1 aliphatic heterocycles. The molecule has 4 rings (SSSR count). The molecule has 0 bridgehead atoms. The molecule has 0 spiro atoms. The minimum absolute atomic E-state index is 0.116. The van der Waals surface area contributed by atoms with Crippen LogP contribution in [0, 0.1) is 0 Å². The summed E-state index contributed by atoms with van der Waals surface area (Å²) in [7, 11) is 3.24. The standard InChI is InChI=1S/C29H30N2O4/c1-29(2)18-21-9-14-24(35-4)16-25(21)26(31-29)17-27(32)20-7-10-22(11-8-20)30-28(33)15-19-5-12-23(34-3)13-6-19/h5-14,16-17,31H,15,18H2,1-4H3,(H,30,33)/b26-17-. The number of carbonyl (C=O) groups excluding carboxylic acids is 2. The van der Waals surface area contributed by atoms with Crippen molar-refractivity contribution in [2.24, 2.45) is 0 Å². The molecule has 0 saturated carbocycles. The van der Waals surface area contributed by atoms with Gasteiger partial charge in [0.2, 0.25) is 5.91 Å². The van der Waals surface area contributed by atoms with E-state index in [2.05, 4.69) is 30.5 Å². The predicted molar refractivity (Wildman–Crippen MR) is 138 cm³/mol. The van der Waals surface area contributed by atoms with Crippen LogP contribution in [0.2, 0.25) is 0 Å². The van der Waals surface area contributed by atoms with Crippen molar-refractivity contribution in [3.8, 4) is 11.5 Å². The van der Waals surface area contributed by atoms with E-state index in [9.17, 15) is 9.59 Å². The molecule has 0 aromatic heterocycles. The molecular formula is C29H30N2O4. The number of allylic oxidation sites excluding steroid dienone is 1. The number of ketones is 1. The second-order valence-corrected chi connectivity index (χ2v) is 9.28. The van der Waals surface area contributed by atoms with Crippen molar-refractivity contribution in [2.45, 2.75) is 32.2 Å². The molecule has 180 valence electrons. The van der Waals surface area contributed by atoms with Crippen LogP contribution in [0.15, 0.2) is 72.8 Å². The Kier molecular flexibility index (Phi) is 6.92. The molecule has 3 aromatic carbocycles. The monoisotopic (exact) mass is 470 g/mol. The third kappa shape index (κ3) is 5.90. The SMILES string of the molecule is COc1ccc(CC(=O)Nc2ccc(C(=O)/C=C3\NC(C)(C)Cc4ccc(OC)cc43)cc2)cc1. The Morgan fingerprint density at radius 3 is 2.26 bits per heavy atom. The van der Waals surface area contributed by atoms with E-state index >= 15 is 0 Å². The fraction of sp³-hybridized carbons (Fsp3) is 0.241. The maximum absolute atomic E-state index is 13.1.